The van der Waals surface area contributed by atoms with Crippen molar-refractivity contribution in [3.05, 3.63) is 29.3 Å². The van der Waals surface area contributed by atoms with E-state index in [1.165, 1.54) is 0 Å². The zero-order valence-electron chi connectivity index (χ0n) is 19.3. The maximum Gasteiger partial charge on any atom is 0.250 e. The first-order valence-electron chi connectivity index (χ1n) is 11.6. The van der Waals surface area contributed by atoms with Crippen molar-refractivity contribution in [1.82, 2.24) is 10.2 Å². The SMILES string of the molecule is CNC(=O)[C@H]1[C@H]2C(=O)N(CCCCCO)C(C(=O)Nc3ccc(Cl)cc3)C23CC(C)[C@]1(C)O3. The molecule has 6 atom stereocenters. The molecule has 3 aliphatic rings. The molecule has 1 aromatic rings. The summed E-state index contributed by atoms with van der Waals surface area (Å²) in [6.45, 7) is 4.35. The zero-order valence-corrected chi connectivity index (χ0v) is 20.0. The lowest BCUT2D eigenvalue weighted by atomic mass is 9.62. The molecule has 0 radical (unpaired) electrons. The van der Waals surface area contributed by atoms with Gasteiger partial charge in [-0.05, 0) is 62.8 Å². The number of aliphatic hydroxyl groups is 1. The number of carbonyl (C=O) groups excluding carboxylic acids is 3. The van der Waals surface area contributed by atoms with Crippen molar-refractivity contribution in [2.75, 3.05) is 25.5 Å². The van der Waals surface area contributed by atoms with E-state index in [1.807, 2.05) is 13.8 Å². The van der Waals surface area contributed by atoms with Crippen LogP contribution in [0.3, 0.4) is 0 Å². The van der Waals surface area contributed by atoms with Gasteiger partial charge in [-0.25, -0.2) is 0 Å². The molecule has 0 saturated carbocycles. The average molecular weight is 478 g/mol. The second kappa shape index (κ2) is 8.89. The van der Waals surface area contributed by atoms with Gasteiger partial charge < -0.3 is 25.4 Å². The van der Waals surface area contributed by atoms with Gasteiger partial charge in [0, 0.05) is 30.9 Å². The van der Waals surface area contributed by atoms with Crippen LogP contribution in [0.2, 0.25) is 5.02 Å². The topological polar surface area (TPSA) is 108 Å². The van der Waals surface area contributed by atoms with E-state index in [0.717, 1.165) is 6.42 Å². The first-order chi connectivity index (χ1) is 15.7. The van der Waals surface area contributed by atoms with Gasteiger partial charge in [0.2, 0.25) is 17.7 Å². The molecule has 2 bridgehead atoms. The smallest absolute Gasteiger partial charge is 0.250 e. The quantitative estimate of drug-likeness (QED) is 0.497. The predicted molar refractivity (Wildman–Crippen MR) is 124 cm³/mol. The van der Waals surface area contributed by atoms with Gasteiger partial charge in [0.25, 0.3) is 0 Å². The Morgan fingerprint density at radius 1 is 1.21 bits per heavy atom. The minimum atomic E-state index is -1.06. The molecule has 3 saturated heterocycles. The number of carbonyl (C=O) groups is 3. The van der Waals surface area contributed by atoms with Crippen molar-refractivity contribution in [1.29, 1.82) is 0 Å². The van der Waals surface area contributed by atoms with Crippen LogP contribution in [-0.2, 0) is 19.1 Å². The number of anilines is 1. The van der Waals surface area contributed by atoms with Crippen LogP contribution in [0.4, 0.5) is 5.69 Å². The van der Waals surface area contributed by atoms with Crippen LogP contribution in [0.15, 0.2) is 24.3 Å². The number of nitrogens with zero attached hydrogens (tertiary/aromatic N) is 1. The van der Waals surface area contributed by atoms with Crippen LogP contribution in [0, 0.1) is 17.8 Å². The highest BCUT2D eigenvalue weighted by molar-refractivity contribution is 6.30. The molecule has 3 heterocycles. The van der Waals surface area contributed by atoms with Gasteiger partial charge in [-0.1, -0.05) is 18.5 Å². The lowest BCUT2D eigenvalue weighted by Gasteiger charge is -2.36. The third-order valence-electron chi connectivity index (χ3n) is 7.76. The molecule has 1 aromatic carbocycles. The number of nitrogens with one attached hydrogen (secondary N) is 2. The van der Waals surface area contributed by atoms with E-state index in [2.05, 4.69) is 10.6 Å². The molecule has 1 spiro atoms. The van der Waals surface area contributed by atoms with Crippen molar-refractivity contribution in [3.63, 3.8) is 0 Å². The average Bonchev–Trinajstić information content (AvgIpc) is 3.29. The second-order valence-corrected chi connectivity index (χ2v) is 10.1. The van der Waals surface area contributed by atoms with Crippen molar-refractivity contribution >= 4 is 35.0 Å². The molecule has 0 aromatic heterocycles. The van der Waals surface area contributed by atoms with Crippen LogP contribution >= 0.6 is 11.6 Å². The fourth-order valence-corrected chi connectivity index (χ4v) is 6.28. The fourth-order valence-electron chi connectivity index (χ4n) is 6.15. The monoisotopic (exact) mass is 477 g/mol. The Morgan fingerprint density at radius 2 is 1.91 bits per heavy atom. The minimum absolute atomic E-state index is 0.00372. The Morgan fingerprint density at radius 3 is 2.55 bits per heavy atom. The number of aliphatic hydroxyl groups excluding tert-OH is 1. The largest absolute Gasteiger partial charge is 0.396 e. The van der Waals surface area contributed by atoms with E-state index in [9.17, 15) is 14.4 Å². The van der Waals surface area contributed by atoms with E-state index in [0.29, 0.717) is 36.5 Å². The van der Waals surface area contributed by atoms with Crippen LogP contribution < -0.4 is 10.6 Å². The Labute approximate surface area is 199 Å². The van der Waals surface area contributed by atoms with E-state index in [-0.39, 0.29) is 30.2 Å². The number of ether oxygens (including phenoxy) is 1. The van der Waals surface area contributed by atoms with E-state index < -0.39 is 29.1 Å². The van der Waals surface area contributed by atoms with Crippen molar-refractivity contribution in [3.8, 4) is 0 Å². The van der Waals surface area contributed by atoms with Gasteiger partial charge >= 0.3 is 0 Å². The van der Waals surface area contributed by atoms with Crippen LogP contribution in [0.5, 0.6) is 0 Å². The lowest BCUT2D eigenvalue weighted by Crippen LogP contribution is -2.54. The molecule has 3 unspecified atom stereocenters. The normalized spacial score (nSPS) is 34.5. The summed E-state index contributed by atoms with van der Waals surface area (Å²) < 4.78 is 6.59. The minimum Gasteiger partial charge on any atom is -0.396 e. The highest BCUT2D eigenvalue weighted by Crippen LogP contribution is 2.65. The number of fused-ring (bicyclic) bond motifs is 1. The summed E-state index contributed by atoms with van der Waals surface area (Å²) in [5.74, 6) is -2.14. The second-order valence-electron chi connectivity index (χ2n) is 9.63. The highest BCUT2D eigenvalue weighted by atomic mass is 35.5. The lowest BCUT2D eigenvalue weighted by molar-refractivity contribution is -0.146. The molecular formula is C24H32ClN3O5. The molecule has 3 amide bonds. The standard InChI is InChI=1S/C24H32ClN3O5/c1-14-13-24-18(17(20(30)26-3)23(14,2)33-24)22(32)28(11-5-4-6-12-29)19(24)21(31)27-16-9-7-15(25)8-10-16/h7-10,14,17-19,29H,4-6,11-13H2,1-3H3,(H,26,30)(H,27,31)/t14?,17-,18+,19?,23+,24?/m1/s1. The summed E-state index contributed by atoms with van der Waals surface area (Å²) in [5, 5.41) is 15.3. The molecule has 3 aliphatic heterocycles. The summed E-state index contributed by atoms with van der Waals surface area (Å²) >= 11 is 5.97. The van der Waals surface area contributed by atoms with Crippen molar-refractivity contribution in [2.45, 2.75) is 56.8 Å². The third kappa shape index (κ3) is 3.72. The Bertz CT molecular complexity index is 941. The first kappa shape index (κ1) is 24.0. The van der Waals surface area contributed by atoms with Gasteiger partial charge in [-0.2, -0.15) is 0 Å². The van der Waals surface area contributed by atoms with Gasteiger partial charge in [0.05, 0.1) is 17.4 Å². The number of rotatable bonds is 8. The van der Waals surface area contributed by atoms with Gasteiger partial charge in [0.1, 0.15) is 11.6 Å². The van der Waals surface area contributed by atoms with Gasteiger partial charge in [0.15, 0.2) is 0 Å². The molecule has 0 aliphatic carbocycles. The van der Waals surface area contributed by atoms with E-state index >= 15 is 0 Å². The highest BCUT2D eigenvalue weighted by Gasteiger charge is 2.79. The molecule has 3 fully saturated rings. The number of unbranched alkanes of at least 4 members (excludes halogenated alkanes) is 2. The summed E-state index contributed by atoms with van der Waals surface area (Å²) in [6, 6.07) is 5.95. The summed E-state index contributed by atoms with van der Waals surface area (Å²) in [4.78, 5) is 42.0. The number of hydrogen-bond acceptors (Lipinski definition) is 5. The predicted octanol–water partition coefficient (Wildman–Crippen LogP) is 2.20. The Kier molecular flexibility index (Phi) is 6.46. The van der Waals surface area contributed by atoms with E-state index in [4.69, 9.17) is 21.4 Å². The molecule has 8 nitrogen and oxygen atoms in total. The molecular weight excluding hydrogens is 446 g/mol. The van der Waals surface area contributed by atoms with E-state index in [1.54, 1.807) is 36.2 Å². The van der Waals surface area contributed by atoms with Crippen LogP contribution in [0.25, 0.3) is 0 Å². The molecule has 33 heavy (non-hydrogen) atoms. The zero-order chi connectivity index (χ0) is 24.0. The summed E-state index contributed by atoms with van der Waals surface area (Å²) in [6.07, 6.45) is 2.54. The molecule has 180 valence electrons. The third-order valence-corrected chi connectivity index (χ3v) is 8.01. The van der Waals surface area contributed by atoms with Crippen LogP contribution in [-0.4, -0.2) is 65.2 Å². The number of likely N-dealkylation sites (tertiary alicyclic amines) is 1. The maximum absolute atomic E-state index is 13.7. The number of hydrogen-bond donors (Lipinski definition) is 3. The Balaban J connectivity index is 1.70. The number of amides is 3. The first-order valence-corrected chi connectivity index (χ1v) is 12.0. The Hall–Kier alpha value is -2.16. The summed E-state index contributed by atoms with van der Waals surface area (Å²) in [7, 11) is 1.56. The van der Waals surface area contributed by atoms with Crippen molar-refractivity contribution in [2.24, 2.45) is 17.8 Å². The number of halogens is 1. The fraction of sp³-hybridized carbons (Fsp3) is 0.625. The van der Waals surface area contributed by atoms with Crippen LogP contribution in [0.1, 0.15) is 39.5 Å². The van der Waals surface area contributed by atoms with Gasteiger partial charge in [-0.3, -0.25) is 14.4 Å². The molecule has 4 rings (SSSR count). The van der Waals surface area contributed by atoms with Crippen molar-refractivity contribution < 1.29 is 24.2 Å². The molecule has 3 N–H and O–H groups in total. The molecule has 9 heteroatoms. The number of benzene rings is 1. The summed E-state index contributed by atoms with van der Waals surface area (Å²) in [5.41, 5.74) is -1.30. The maximum atomic E-state index is 13.7. The van der Waals surface area contributed by atoms with Gasteiger partial charge in [-0.15, -0.1) is 0 Å².